The zero-order valence-corrected chi connectivity index (χ0v) is 31.1. The van der Waals surface area contributed by atoms with Gasteiger partial charge in [0.25, 0.3) is 5.91 Å². The number of carbonyl (C=O) groups is 5. The molecule has 3 rings (SSSR count). The van der Waals surface area contributed by atoms with Gasteiger partial charge in [-0.1, -0.05) is 67.7 Å². The molecule has 1 heterocycles. The van der Waals surface area contributed by atoms with E-state index in [9.17, 15) is 32.4 Å². The number of carbonyl (C=O) groups excluding carboxylic acids is 5. The van der Waals surface area contributed by atoms with E-state index in [1.807, 2.05) is 48.5 Å². The number of hydrogen-bond donors (Lipinski definition) is 4. The van der Waals surface area contributed by atoms with Crippen LogP contribution in [0.15, 0.2) is 0 Å². The third kappa shape index (κ3) is 8.67. The van der Waals surface area contributed by atoms with Crippen molar-refractivity contribution in [3.05, 3.63) is 0 Å². The van der Waals surface area contributed by atoms with Gasteiger partial charge in [0, 0.05) is 6.54 Å². The first-order valence-corrected chi connectivity index (χ1v) is 18.6. The van der Waals surface area contributed by atoms with E-state index in [1.54, 1.807) is 27.7 Å². The molecule has 12 nitrogen and oxygen atoms in total. The summed E-state index contributed by atoms with van der Waals surface area (Å²) in [6.45, 7) is 20.3. The molecular weight excluding hydrogens is 622 g/mol. The molecule has 2 aliphatic carbocycles. The van der Waals surface area contributed by atoms with Gasteiger partial charge in [0.1, 0.15) is 12.1 Å². The predicted octanol–water partition coefficient (Wildman–Crippen LogP) is 2.93. The van der Waals surface area contributed by atoms with Gasteiger partial charge < -0.3 is 26.6 Å². The number of rotatable bonds is 13. The van der Waals surface area contributed by atoms with E-state index >= 15 is 0 Å². The molecule has 0 radical (unpaired) electrons. The lowest BCUT2D eigenvalue weighted by atomic mass is 9.80. The average Bonchev–Trinajstić information content (AvgIpc) is 3.17. The summed E-state index contributed by atoms with van der Waals surface area (Å²) in [5.74, 6) is -3.02. The van der Waals surface area contributed by atoms with Crippen LogP contribution in [0.1, 0.15) is 108 Å². The Balaban J connectivity index is 1.86. The minimum atomic E-state index is -3.60. The molecule has 3 fully saturated rings. The predicted molar refractivity (Wildman–Crippen MR) is 181 cm³/mol. The van der Waals surface area contributed by atoms with Gasteiger partial charge >= 0.3 is 6.03 Å². The van der Waals surface area contributed by atoms with E-state index in [-0.39, 0.29) is 34.8 Å². The Morgan fingerprint density at radius 2 is 1.53 bits per heavy atom. The first-order valence-electron chi connectivity index (χ1n) is 17.0. The maximum atomic E-state index is 14.4. The summed E-state index contributed by atoms with van der Waals surface area (Å²) < 4.78 is 25.4. The molecule has 1 aliphatic heterocycles. The average molecular weight is 682 g/mol. The van der Waals surface area contributed by atoms with Crippen LogP contribution >= 0.6 is 0 Å². The van der Waals surface area contributed by atoms with Gasteiger partial charge in [-0.15, -0.1) is 0 Å². The lowest BCUT2D eigenvalue weighted by Crippen LogP contribution is -2.63. The van der Waals surface area contributed by atoms with Gasteiger partial charge in [-0.05, 0) is 75.0 Å². The fourth-order valence-corrected chi connectivity index (χ4v) is 8.94. The second-order valence-electron chi connectivity index (χ2n) is 17.6. The minimum absolute atomic E-state index is 0.0468. The molecule has 3 aliphatic rings. The molecule has 6 atom stereocenters. The van der Waals surface area contributed by atoms with Gasteiger partial charge in [-0.3, -0.25) is 19.2 Å². The number of piperidine rings is 1. The third-order valence-corrected chi connectivity index (χ3v) is 13.4. The van der Waals surface area contributed by atoms with Crippen LogP contribution in [0.4, 0.5) is 4.79 Å². The highest BCUT2D eigenvalue weighted by atomic mass is 32.2. The molecule has 0 aromatic heterocycles. The van der Waals surface area contributed by atoms with Crippen molar-refractivity contribution >= 4 is 39.4 Å². The zero-order valence-electron chi connectivity index (χ0n) is 30.3. The Morgan fingerprint density at radius 3 is 1.98 bits per heavy atom. The fourth-order valence-electron chi connectivity index (χ4n) is 7.47. The summed E-state index contributed by atoms with van der Waals surface area (Å²) >= 11 is 0. The van der Waals surface area contributed by atoms with Crippen molar-refractivity contribution in [1.82, 2.24) is 20.9 Å². The molecule has 13 heteroatoms. The Kier molecular flexibility index (Phi) is 11.0. The van der Waals surface area contributed by atoms with Crippen LogP contribution in [0.5, 0.6) is 0 Å². The Bertz CT molecular complexity index is 1360. The highest BCUT2D eigenvalue weighted by molar-refractivity contribution is 7.92. The number of likely N-dealkylation sites (tertiary alicyclic amines) is 1. The molecular formula is C34H59N5O7S. The number of hydrogen-bond acceptors (Lipinski definition) is 7. The van der Waals surface area contributed by atoms with Crippen LogP contribution < -0.4 is 21.7 Å². The number of amides is 5. The van der Waals surface area contributed by atoms with Crippen molar-refractivity contribution in [1.29, 1.82) is 0 Å². The van der Waals surface area contributed by atoms with Gasteiger partial charge in [0.15, 0.2) is 9.84 Å². The van der Waals surface area contributed by atoms with Crippen molar-refractivity contribution in [3.63, 3.8) is 0 Å². The topological polar surface area (TPSA) is 185 Å². The summed E-state index contributed by atoms with van der Waals surface area (Å²) in [5.41, 5.74) is 3.23. The fraction of sp³-hybridized carbons (Fsp3) is 0.853. The number of ketones is 1. The molecule has 5 amide bonds. The number of nitrogens with two attached hydrogens (primary N) is 1. The van der Waals surface area contributed by atoms with Gasteiger partial charge in [0.05, 0.1) is 22.1 Å². The van der Waals surface area contributed by atoms with Crippen LogP contribution in [0, 0.1) is 34.5 Å². The molecule has 0 aromatic rings. The number of nitrogens with zero attached hydrogens (tertiary/aromatic N) is 1. The van der Waals surface area contributed by atoms with Crippen LogP contribution in [-0.4, -0.2) is 83.6 Å². The van der Waals surface area contributed by atoms with Gasteiger partial charge in [0.2, 0.25) is 17.6 Å². The van der Waals surface area contributed by atoms with E-state index < -0.39 is 73.2 Å². The van der Waals surface area contributed by atoms with Crippen LogP contribution in [-0.2, 0) is 29.0 Å². The summed E-state index contributed by atoms with van der Waals surface area (Å²) in [6, 6.07) is -3.69. The third-order valence-electron chi connectivity index (χ3n) is 10.5. The first kappa shape index (κ1) is 38.7. The highest BCUT2D eigenvalue weighted by Crippen LogP contribution is 2.65. The second kappa shape index (κ2) is 13.3. The van der Waals surface area contributed by atoms with Crippen LogP contribution in [0.3, 0.4) is 0 Å². The normalized spacial score (nSPS) is 25.1. The van der Waals surface area contributed by atoms with E-state index in [4.69, 9.17) is 5.73 Å². The monoisotopic (exact) mass is 681 g/mol. The van der Waals surface area contributed by atoms with Gasteiger partial charge in [-0.2, -0.15) is 0 Å². The molecule has 5 N–H and O–H groups in total. The number of primary amides is 1. The van der Waals surface area contributed by atoms with E-state index in [2.05, 4.69) is 16.0 Å². The van der Waals surface area contributed by atoms with Gasteiger partial charge in [-0.25, -0.2) is 13.2 Å². The maximum Gasteiger partial charge on any atom is 0.315 e. The number of Topliss-reactive ketones (excluding diaryl/α,β-unsaturated/α-hetero) is 1. The summed E-state index contributed by atoms with van der Waals surface area (Å²) in [4.78, 5) is 68.0. The summed E-state index contributed by atoms with van der Waals surface area (Å²) in [7, 11) is -3.60. The van der Waals surface area contributed by atoms with Crippen molar-refractivity contribution in [2.24, 2.45) is 40.2 Å². The summed E-state index contributed by atoms with van der Waals surface area (Å²) in [6.07, 6.45) is 3.55. The molecule has 47 heavy (non-hydrogen) atoms. The smallest absolute Gasteiger partial charge is 0.315 e. The lowest BCUT2D eigenvalue weighted by molar-refractivity contribution is -0.145. The van der Waals surface area contributed by atoms with Crippen molar-refractivity contribution in [3.8, 4) is 0 Å². The molecule has 0 spiro atoms. The van der Waals surface area contributed by atoms with Crippen molar-refractivity contribution < 1.29 is 32.4 Å². The molecule has 268 valence electrons. The zero-order chi connectivity index (χ0) is 36.1. The van der Waals surface area contributed by atoms with E-state index in [1.165, 1.54) is 4.90 Å². The molecule has 2 saturated carbocycles. The standard InChI is InChI=1S/C34H59N5O7S/c1-19(2)16-34(11,18-47(45,46)32(6,7)8)38-30(44)37-26(31(3,4)5)29(43)39-17-21-23(33(21,9)10)24(39)28(42)36-22(25(40)27(35)41)15-20-13-12-14-20/h19-24,26H,12-18H2,1-11H3,(H2,35,41)(H,36,42)(H2,37,38,44)/t21?,22?,23-,24-,26+,34?/m0/s1. The van der Waals surface area contributed by atoms with Crippen molar-refractivity contribution in [2.45, 2.75) is 137 Å². The number of urea groups is 1. The number of sulfone groups is 1. The van der Waals surface area contributed by atoms with Crippen LogP contribution in [0.2, 0.25) is 0 Å². The maximum absolute atomic E-state index is 14.4. The number of fused-ring (bicyclic) bond motifs is 1. The molecule has 3 unspecified atom stereocenters. The Labute approximate surface area is 281 Å². The van der Waals surface area contributed by atoms with Crippen molar-refractivity contribution in [2.75, 3.05) is 12.3 Å². The second-order valence-corrected chi connectivity index (χ2v) is 20.4. The number of nitrogens with one attached hydrogen (secondary N) is 3. The molecule has 0 bridgehead atoms. The Hall–Kier alpha value is -2.70. The van der Waals surface area contributed by atoms with Crippen LogP contribution in [0.25, 0.3) is 0 Å². The van der Waals surface area contributed by atoms with E-state index in [0.29, 0.717) is 19.4 Å². The molecule has 0 aromatic carbocycles. The molecule has 1 saturated heterocycles. The Morgan fingerprint density at radius 1 is 0.957 bits per heavy atom. The minimum Gasteiger partial charge on any atom is -0.363 e. The SMILES string of the molecule is CC(C)CC(C)(CS(=O)(=O)C(C)(C)C)NC(=O)N[C@H](C(=O)N1CC2[C@@H]([C@H]1C(=O)NC(CC1CCC1)C(=O)C(N)=O)C2(C)C)C(C)(C)C. The first-order chi connectivity index (χ1) is 21.2. The van der Waals surface area contributed by atoms with E-state index in [0.717, 1.165) is 19.3 Å². The largest absolute Gasteiger partial charge is 0.363 e. The summed E-state index contributed by atoms with van der Waals surface area (Å²) in [5, 5.41) is 8.49. The lowest BCUT2D eigenvalue weighted by Gasteiger charge is -2.39. The quantitative estimate of drug-likeness (QED) is 0.215. The highest BCUT2D eigenvalue weighted by Gasteiger charge is 2.70.